The number of fused-ring (bicyclic) bond motifs is 2. The third-order valence-electron chi connectivity index (χ3n) is 8.05. The third-order valence-corrected chi connectivity index (χ3v) is 9.94. The molecule has 0 atom stereocenters. The Morgan fingerprint density at radius 1 is 0.897 bits per heavy atom. The molecule has 1 amide bonds. The van der Waals surface area contributed by atoms with E-state index in [0.29, 0.717) is 30.8 Å². The average molecular weight is 544 g/mol. The van der Waals surface area contributed by atoms with Crippen LogP contribution in [0.15, 0.2) is 65.6 Å². The van der Waals surface area contributed by atoms with Crippen LogP contribution in [0, 0.1) is 12.8 Å². The minimum Gasteiger partial charge on any atom is -0.326 e. The smallest absolute Gasteiger partial charge is 0.243 e. The van der Waals surface area contributed by atoms with Crippen LogP contribution in [0.3, 0.4) is 0 Å². The number of hydrogen-bond donors (Lipinski definition) is 1. The molecular formula is C30H33N5O3S. The molecule has 0 radical (unpaired) electrons. The number of nitrogens with one attached hydrogen (secondary N) is 1. The highest BCUT2D eigenvalue weighted by atomic mass is 32.2. The fourth-order valence-electron chi connectivity index (χ4n) is 5.66. The molecule has 3 aromatic carbocycles. The summed E-state index contributed by atoms with van der Waals surface area (Å²) in [6.07, 6.45) is 5.35. The monoisotopic (exact) mass is 543 g/mol. The van der Waals surface area contributed by atoms with Crippen molar-refractivity contribution >= 4 is 32.4 Å². The van der Waals surface area contributed by atoms with E-state index in [1.54, 1.807) is 12.1 Å². The van der Waals surface area contributed by atoms with Gasteiger partial charge in [0.1, 0.15) is 5.82 Å². The van der Waals surface area contributed by atoms with E-state index in [4.69, 9.17) is 0 Å². The van der Waals surface area contributed by atoms with Gasteiger partial charge in [-0.05, 0) is 67.1 Å². The Morgan fingerprint density at radius 2 is 1.69 bits per heavy atom. The van der Waals surface area contributed by atoms with Crippen LogP contribution in [0.1, 0.15) is 43.5 Å². The third kappa shape index (κ3) is 5.08. The lowest BCUT2D eigenvalue weighted by Gasteiger charge is -2.30. The first-order valence-corrected chi connectivity index (χ1v) is 15.2. The van der Waals surface area contributed by atoms with Gasteiger partial charge in [0.25, 0.3) is 0 Å². The standard InChI is InChI=1S/C30H33N5O3S/c1-21-10-11-25(29-33-32-28-9-3-2-6-16-35(28)29)20-27(21)31-30(36)23-14-17-34(18-15-23)39(37,38)26-13-12-22-7-4-5-8-24(22)19-26/h4-5,7-8,10-13,19-20,23H,2-3,6,9,14-18H2,1H3,(H,31,36). The maximum atomic E-state index is 13.3. The molecule has 8 nitrogen and oxygen atoms in total. The van der Waals surface area contributed by atoms with Crippen LogP contribution in [0.5, 0.6) is 0 Å². The molecule has 0 spiro atoms. The molecule has 2 aliphatic heterocycles. The van der Waals surface area contributed by atoms with Gasteiger partial charge in [0, 0.05) is 43.2 Å². The van der Waals surface area contributed by atoms with Crippen LogP contribution in [0.4, 0.5) is 5.69 Å². The number of amides is 1. The number of aryl methyl sites for hydroxylation is 2. The molecule has 0 saturated carbocycles. The van der Waals surface area contributed by atoms with Gasteiger partial charge in [0.2, 0.25) is 15.9 Å². The van der Waals surface area contributed by atoms with Crippen molar-refractivity contribution in [1.82, 2.24) is 19.1 Å². The molecule has 1 aromatic heterocycles. The normalized spacial score (nSPS) is 17.1. The lowest BCUT2D eigenvalue weighted by atomic mass is 9.97. The lowest BCUT2D eigenvalue weighted by Crippen LogP contribution is -2.41. The predicted molar refractivity (Wildman–Crippen MR) is 152 cm³/mol. The molecule has 4 aromatic rings. The van der Waals surface area contributed by atoms with Gasteiger partial charge in [-0.15, -0.1) is 10.2 Å². The first-order chi connectivity index (χ1) is 18.9. The minimum atomic E-state index is -3.62. The summed E-state index contributed by atoms with van der Waals surface area (Å²) in [5.41, 5.74) is 2.67. The number of carbonyl (C=O) groups excluding carboxylic acids is 1. The van der Waals surface area contributed by atoms with Gasteiger partial charge in [-0.3, -0.25) is 4.79 Å². The van der Waals surface area contributed by atoms with E-state index in [9.17, 15) is 13.2 Å². The van der Waals surface area contributed by atoms with Gasteiger partial charge in [-0.1, -0.05) is 48.9 Å². The van der Waals surface area contributed by atoms with Crippen molar-refractivity contribution in [3.8, 4) is 11.4 Å². The van der Waals surface area contributed by atoms with Crippen LogP contribution in [-0.4, -0.2) is 46.5 Å². The fraction of sp³-hybridized carbons (Fsp3) is 0.367. The van der Waals surface area contributed by atoms with Crippen LogP contribution < -0.4 is 5.32 Å². The second-order valence-electron chi connectivity index (χ2n) is 10.6. The Morgan fingerprint density at radius 3 is 2.51 bits per heavy atom. The number of aromatic nitrogens is 3. The van der Waals surface area contributed by atoms with E-state index >= 15 is 0 Å². The summed E-state index contributed by atoms with van der Waals surface area (Å²) in [6, 6.07) is 19.0. The number of sulfonamides is 1. The van der Waals surface area contributed by atoms with Gasteiger partial charge in [0.05, 0.1) is 4.90 Å². The summed E-state index contributed by atoms with van der Waals surface area (Å²) in [5, 5.41) is 13.9. The molecule has 39 heavy (non-hydrogen) atoms. The van der Waals surface area contributed by atoms with E-state index in [-0.39, 0.29) is 11.8 Å². The lowest BCUT2D eigenvalue weighted by molar-refractivity contribution is -0.120. The molecule has 0 unspecified atom stereocenters. The van der Waals surface area contributed by atoms with E-state index in [1.807, 2.05) is 55.5 Å². The summed E-state index contributed by atoms with van der Waals surface area (Å²) in [4.78, 5) is 13.6. The van der Waals surface area contributed by atoms with Gasteiger partial charge < -0.3 is 9.88 Å². The Labute approximate surface area is 229 Å². The summed E-state index contributed by atoms with van der Waals surface area (Å²) < 4.78 is 30.4. The van der Waals surface area contributed by atoms with Crippen molar-refractivity contribution in [2.24, 2.45) is 5.92 Å². The Hall–Kier alpha value is -3.56. The van der Waals surface area contributed by atoms with E-state index < -0.39 is 10.0 Å². The molecular weight excluding hydrogens is 510 g/mol. The van der Waals surface area contributed by atoms with Crippen LogP contribution in [0.25, 0.3) is 22.2 Å². The van der Waals surface area contributed by atoms with E-state index in [1.165, 1.54) is 10.7 Å². The van der Waals surface area contributed by atoms with Crippen LogP contribution in [-0.2, 0) is 27.8 Å². The number of nitrogens with zero attached hydrogens (tertiary/aromatic N) is 4. The van der Waals surface area contributed by atoms with Gasteiger partial charge >= 0.3 is 0 Å². The highest BCUT2D eigenvalue weighted by Gasteiger charge is 2.32. The first-order valence-electron chi connectivity index (χ1n) is 13.7. The highest BCUT2D eigenvalue weighted by Crippen LogP contribution is 2.30. The topological polar surface area (TPSA) is 97.2 Å². The number of hydrogen-bond acceptors (Lipinski definition) is 5. The zero-order valence-corrected chi connectivity index (χ0v) is 23.0. The molecule has 202 valence electrons. The van der Waals surface area contributed by atoms with Crippen molar-refractivity contribution in [3.05, 3.63) is 72.1 Å². The van der Waals surface area contributed by atoms with E-state index in [2.05, 4.69) is 20.1 Å². The van der Waals surface area contributed by atoms with Crippen molar-refractivity contribution < 1.29 is 13.2 Å². The summed E-state index contributed by atoms with van der Waals surface area (Å²) in [6.45, 7) is 3.52. The number of carbonyl (C=O) groups is 1. The summed E-state index contributed by atoms with van der Waals surface area (Å²) in [5.74, 6) is 1.55. The molecule has 1 N–H and O–H groups in total. The van der Waals surface area contributed by atoms with Gasteiger partial charge in [-0.2, -0.15) is 4.31 Å². The SMILES string of the molecule is Cc1ccc(-c2nnc3n2CCCCC3)cc1NC(=O)C1CCN(S(=O)(=O)c2ccc3ccccc3c2)CC1. The molecule has 3 heterocycles. The largest absolute Gasteiger partial charge is 0.326 e. The number of anilines is 1. The minimum absolute atomic E-state index is 0.0712. The number of piperidine rings is 1. The molecule has 6 rings (SSSR count). The Kier molecular flexibility index (Phi) is 6.95. The zero-order chi connectivity index (χ0) is 27.0. The second-order valence-corrected chi connectivity index (χ2v) is 12.5. The maximum absolute atomic E-state index is 13.3. The zero-order valence-electron chi connectivity index (χ0n) is 22.1. The maximum Gasteiger partial charge on any atom is 0.243 e. The van der Waals surface area contributed by atoms with Gasteiger partial charge in [0.15, 0.2) is 5.82 Å². The van der Waals surface area contributed by atoms with Crippen molar-refractivity contribution in [2.75, 3.05) is 18.4 Å². The first kappa shape index (κ1) is 25.7. The summed E-state index contributed by atoms with van der Waals surface area (Å²) in [7, 11) is -3.62. The Balaban J connectivity index is 1.13. The molecule has 0 aliphatic carbocycles. The second kappa shape index (κ2) is 10.5. The van der Waals surface area contributed by atoms with Crippen molar-refractivity contribution in [1.29, 1.82) is 0 Å². The molecule has 2 aliphatic rings. The highest BCUT2D eigenvalue weighted by molar-refractivity contribution is 7.89. The molecule has 9 heteroatoms. The van der Waals surface area contributed by atoms with Gasteiger partial charge in [-0.25, -0.2) is 8.42 Å². The molecule has 1 saturated heterocycles. The fourth-order valence-corrected chi connectivity index (χ4v) is 7.17. The van der Waals surface area contributed by atoms with E-state index in [0.717, 1.165) is 65.0 Å². The quantitative estimate of drug-likeness (QED) is 0.374. The predicted octanol–water partition coefficient (Wildman–Crippen LogP) is 5.17. The number of rotatable bonds is 5. The molecule has 0 bridgehead atoms. The molecule has 1 fully saturated rings. The Bertz CT molecular complexity index is 1640. The summed E-state index contributed by atoms with van der Waals surface area (Å²) >= 11 is 0. The van der Waals surface area contributed by atoms with Crippen LogP contribution in [0.2, 0.25) is 0 Å². The van der Waals surface area contributed by atoms with Crippen molar-refractivity contribution in [3.63, 3.8) is 0 Å². The van der Waals surface area contributed by atoms with Crippen LogP contribution >= 0.6 is 0 Å². The van der Waals surface area contributed by atoms with Crippen molar-refractivity contribution in [2.45, 2.75) is 56.9 Å². The average Bonchev–Trinajstić information content (AvgIpc) is 3.21. The number of benzene rings is 3.